The number of Topliss-reactive ketones (excluding diaryl/α,β-unsaturated/α-hetero) is 1. The van der Waals surface area contributed by atoms with E-state index in [1.54, 1.807) is 0 Å². The zero-order valence-corrected chi connectivity index (χ0v) is 12.4. The Hall–Kier alpha value is -0.490. The molecule has 1 nitrogen and oxygen atoms in total. The molecule has 19 heavy (non-hydrogen) atoms. The third kappa shape index (κ3) is 3.54. The Balaban J connectivity index is 2.35. The Labute approximate surface area is 122 Å². The smallest absolute Gasteiger partial charge is 0.293 e. The van der Waals surface area contributed by atoms with Crippen LogP contribution in [0.1, 0.15) is 35.2 Å². The highest BCUT2D eigenvalue weighted by molar-refractivity contribution is 9.10. The van der Waals surface area contributed by atoms with Crippen molar-refractivity contribution in [3.63, 3.8) is 0 Å². The molecule has 0 aliphatic carbocycles. The van der Waals surface area contributed by atoms with Crippen LogP contribution in [0.2, 0.25) is 0 Å². The average molecular weight is 353 g/mol. The van der Waals surface area contributed by atoms with Gasteiger partial charge in [-0.05, 0) is 36.8 Å². The van der Waals surface area contributed by atoms with Crippen molar-refractivity contribution in [1.29, 1.82) is 0 Å². The lowest BCUT2D eigenvalue weighted by Gasteiger charge is -2.21. The summed E-state index contributed by atoms with van der Waals surface area (Å²) in [5.74, 6) is 0.443. The summed E-state index contributed by atoms with van der Waals surface area (Å²) >= 11 is 4.48. The number of halogens is 4. The van der Waals surface area contributed by atoms with Gasteiger partial charge in [0.2, 0.25) is 0 Å². The maximum atomic E-state index is 13.0. The molecule has 1 aliphatic rings. The lowest BCUT2D eigenvalue weighted by molar-refractivity contribution is -0.137. The second kappa shape index (κ2) is 5.87. The molecule has 0 amide bonds. The number of ketones is 1. The van der Waals surface area contributed by atoms with E-state index in [0.29, 0.717) is 10.9 Å². The first-order valence-corrected chi connectivity index (χ1v) is 7.76. The van der Waals surface area contributed by atoms with Gasteiger partial charge in [-0.3, -0.25) is 4.79 Å². The monoisotopic (exact) mass is 352 g/mol. The lowest BCUT2D eigenvalue weighted by atomic mass is 9.98. The predicted octanol–water partition coefficient (Wildman–Crippen LogP) is 4.94. The van der Waals surface area contributed by atoms with Crippen LogP contribution < -0.4 is 0 Å². The highest BCUT2D eigenvalue weighted by Gasteiger charge is 2.37. The zero-order chi connectivity index (χ0) is 14.0. The van der Waals surface area contributed by atoms with Crippen molar-refractivity contribution in [3.8, 4) is 0 Å². The van der Waals surface area contributed by atoms with Crippen LogP contribution in [0.15, 0.2) is 22.7 Å². The number of hydrogen-bond acceptors (Lipinski definition) is 2. The van der Waals surface area contributed by atoms with E-state index >= 15 is 0 Å². The molecule has 0 bridgehead atoms. The Kier molecular flexibility index (Phi) is 4.61. The quantitative estimate of drug-likeness (QED) is 0.701. The van der Waals surface area contributed by atoms with Crippen LogP contribution in [0.25, 0.3) is 0 Å². The molecule has 0 aromatic heterocycles. The number of benzene rings is 1. The molecule has 2 rings (SSSR count). The van der Waals surface area contributed by atoms with Crippen molar-refractivity contribution >= 4 is 33.5 Å². The minimum Gasteiger partial charge on any atom is -0.293 e. The van der Waals surface area contributed by atoms with E-state index in [0.717, 1.165) is 24.7 Å². The standard InChI is InChI=1S/C13H12BrF3OS/c14-8-4-5-9(10(7-8)13(15,16)17)12(18)11-3-1-2-6-19-11/h4-5,7,11H,1-3,6H2. The van der Waals surface area contributed by atoms with Crippen LogP contribution in [0.5, 0.6) is 0 Å². The SMILES string of the molecule is O=C(c1ccc(Br)cc1C(F)(F)F)C1CCCCS1. The van der Waals surface area contributed by atoms with Crippen molar-refractivity contribution in [2.45, 2.75) is 30.7 Å². The van der Waals surface area contributed by atoms with Gasteiger partial charge in [-0.1, -0.05) is 22.4 Å². The molecule has 0 radical (unpaired) electrons. The molecule has 1 fully saturated rings. The van der Waals surface area contributed by atoms with E-state index in [4.69, 9.17) is 0 Å². The van der Waals surface area contributed by atoms with Crippen molar-refractivity contribution in [1.82, 2.24) is 0 Å². The van der Waals surface area contributed by atoms with E-state index in [1.807, 2.05) is 0 Å². The summed E-state index contributed by atoms with van der Waals surface area (Å²) in [6.07, 6.45) is -1.91. The number of carbonyl (C=O) groups is 1. The molecule has 1 unspecified atom stereocenters. The molecule has 0 spiro atoms. The Morgan fingerprint density at radius 2 is 2.05 bits per heavy atom. The molecule has 1 atom stereocenters. The Bertz CT molecular complexity index is 481. The van der Waals surface area contributed by atoms with Gasteiger partial charge in [0.1, 0.15) is 0 Å². The van der Waals surface area contributed by atoms with Crippen molar-refractivity contribution < 1.29 is 18.0 Å². The molecule has 1 aliphatic heterocycles. The van der Waals surface area contributed by atoms with Gasteiger partial charge >= 0.3 is 6.18 Å². The van der Waals surface area contributed by atoms with Gasteiger partial charge in [-0.15, -0.1) is 0 Å². The van der Waals surface area contributed by atoms with E-state index in [9.17, 15) is 18.0 Å². The van der Waals surface area contributed by atoms with E-state index < -0.39 is 17.5 Å². The summed E-state index contributed by atoms with van der Waals surface area (Å²) in [6, 6.07) is 3.72. The van der Waals surface area contributed by atoms with Gasteiger partial charge in [0.15, 0.2) is 5.78 Å². The predicted molar refractivity (Wildman–Crippen MR) is 73.6 cm³/mol. The van der Waals surface area contributed by atoms with Crippen LogP contribution >= 0.6 is 27.7 Å². The number of thioether (sulfide) groups is 1. The lowest BCUT2D eigenvalue weighted by Crippen LogP contribution is -2.24. The first kappa shape index (κ1) is 14.9. The molecule has 1 aromatic rings. The summed E-state index contributed by atoms with van der Waals surface area (Å²) in [6.45, 7) is 0. The van der Waals surface area contributed by atoms with Gasteiger partial charge in [0.25, 0.3) is 0 Å². The Morgan fingerprint density at radius 3 is 2.63 bits per heavy atom. The van der Waals surface area contributed by atoms with Crippen molar-refractivity contribution in [2.24, 2.45) is 0 Å². The third-order valence-corrected chi connectivity index (χ3v) is 4.89. The maximum absolute atomic E-state index is 13.0. The van der Waals surface area contributed by atoms with Crippen LogP contribution in [-0.2, 0) is 6.18 Å². The highest BCUT2D eigenvalue weighted by Crippen LogP contribution is 2.36. The summed E-state index contributed by atoms with van der Waals surface area (Å²) in [7, 11) is 0. The number of rotatable bonds is 2. The van der Waals surface area contributed by atoms with Gasteiger partial charge in [-0.2, -0.15) is 24.9 Å². The first-order chi connectivity index (χ1) is 8.89. The molecule has 0 N–H and O–H groups in total. The first-order valence-electron chi connectivity index (χ1n) is 5.92. The second-order valence-electron chi connectivity index (χ2n) is 4.41. The fourth-order valence-electron chi connectivity index (χ4n) is 2.09. The molecule has 1 heterocycles. The molecular formula is C13H12BrF3OS. The average Bonchev–Trinajstić information content (AvgIpc) is 2.38. The topological polar surface area (TPSA) is 17.1 Å². The van der Waals surface area contributed by atoms with Crippen LogP contribution in [0.4, 0.5) is 13.2 Å². The van der Waals surface area contributed by atoms with E-state index in [1.165, 1.54) is 23.9 Å². The molecule has 6 heteroatoms. The third-order valence-electron chi connectivity index (χ3n) is 3.02. The van der Waals surface area contributed by atoms with Crippen LogP contribution in [-0.4, -0.2) is 16.8 Å². The Morgan fingerprint density at radius 1 is 1.32 bits per heavy atom. The van der Waals surface area contributed by atoms with Gasteiger partial charge < -0.3 is 0 Å². The van der Waals surface area contributed by atoms with Gasteiger partial charge in [0.05, 0.1) is 10.8 Å². The molecular weight excluding hydrogens is 341 g/mol. The summed E-state index contributed by atoms with van der Waals surface area (Å²) in [5, 5.41) is -0.337. The van der Waals surface area contributed by atoms with E-state index in [-0.39, 0.29) is 10.8 Å². The van der Waals surface area contributed by atoms with Crippen LogP contribution in [0, 0.1) is 0 Å². The second-order valence-corrected chi connectivity index (χ2v) is 6.63. The largest absolute Gasteiger partial charge is 0.417 e. The van der Waals surface area contributed by atoms with Crippen LogP contribution in [0.3, 0.4) is 0 Å². The summed E-state index contributed by atoms with van der Waals surface area (Å²) in [5.41, 5.74) is -1.06. The van der Waals surface area contributed by atoms with E-state index in [2.05, 4.69) is 15.9 Å². The number of alkyl halides is 3. The maximum Gasteiger partial charge on any atom is 0.417 e. The molecule has 1 saturated heterocycles. The fourth-order valence-corrected chi connectivity index (χ4v) is 3.71. The normalized spacial score (nSPS) is 20.3. The summed E-state index contributed by atoms with van der Waals surface area (Å²) in [4.78, 5) is 12.2. The fraction of sp³-hybridized carbons (Fsp3) is 0.462. The number of carbonyl (C=O) groups excluding carboxylic acids is 1. The van der Waals surface area contributed by atoms with Crippen molar-refractivity contribution in [3.05, 3.63) is 33.8 Å². The number of hydrogen-bond donors (Lipinski definition) is 0. The molecule has 1 aromatic carbocycles. The van der Waals surface area contributed by atoms with Gasteiger partial charge in [0, 0.05) is 10.0 Å². The minimum absolute atomic E-state index is 0.213. The van der Waals surface area contributed by atoms with Crippen molar-refractivity contribution in [2.75, 3.05) is 5.75 Å². The minimum atomic E-state index is -4.51. The highest BCUT2D eigenvalue weighted by atomic mass is 79.9. The zero-order valence-electron chi connectivity index (χ0n) is 9.97. The molecule has 0 saturated carbocycles. The summed E-state index contributed by atoms with van der Waals surface area (Å²) < 4.78 is 39.3. The molecule has 104 valence electrons. The van der Waals surface area contributed by atoms with Gasteiger partial charge in [-0.25, -0.2) is 0 Å².